The largest absolute Gasteiger partial charge is 0.347 e. The summed E-state index contributed by atoms with van der Waals surface area (Å²) in [5.74, 6) is -2.80. The Hall–Kier alpha value is -2.07. The Labute approximate surface area is 133 Å². The van der Waals surface area contributed by atoms with E-state index in [1.807, 2.05) is 0 Å². The van der Waals surface area contributed by atoms with Crippen LogP contribution in [0, 0.1) is 12.9 Å². The summed E-state index contributed by atoms with van der Waals surface area (Å²) in [7, 11) is -3.24. The van der Waals surface area contributed by atoms with Crippen molar-refractivity contribution in [1.29, 1.82) is 0 Å². The van der Waals surface area contributed by atoms with Crippen molar-refractivity contribution in [2.45, 2.75) is 13.3 Å². The molecule has 2 amide bonds. The molecule has 1 aromatic rings. The highest BCUT2D eigenvalue weighted by atomic mass is 32.2. The lowest BCUT2D eigenvalue weighted by Crippen LogP contribution is -2.40. The summed E-state index contributed by atoms with van der Waals surface area (Å²) < 4.78 is 37.8. The SMILES string of the molecule is Cc1cnc(F)c(NC(=O)C(=O)NCCN2CCCS2(=O)=O)c1. The molecule has 0 atom stereocenters. The van der Waals surface area contributed by atoms with Gasteiger partial charge in [-0.05, 0) is 25.0 Å². The molecule has 1 aliphatic heterocycles. The average molecular weight is 344 g/mol. The number of rotatable bonds is 4. The van der Waals surface area contributed by atoms with E-state index in [0.29, 0.717) is 18.5 Å². The van der Waals surface area contributed by atoms with Crippen LogP contribution in [0.2, 0.25) is 0 Å². The van der Waals surface area contributed by atoms with Gasteiger partial charge in [0.1, 0.15) is 0 Å². The lowest BCUT2D eigenvalue weighted by molar-refractivity contribution is -0.136. The molecule has 1 fully saturated rings. The molecule has 126 valence electrons. The number of nitrogens with one attached hydrogen (secondary N) is 2. The van der Waals surface area contributed by atoms with Crippen molar-refractivity contribution in [2.75, 3.05) is 30.7 Å². The molecule has 1 aromatic heterocycles. The first-order valence-corrected chi connectivity index (χ1v) is 8.59. The third kappa shape index (κ3) is 4.45. The number of sulfonamides is 1. The number of halogens is 1. The van der Waals surface area contributed by atoms with Crippen LogP contribution in [-0.2, 0) is 19.6 Å². The zero-order valence-corrected chi connectivity index (χ0v) is 13.3. The van der Waals surface area contributed by atoms with Crippen LogP contribution in [0.5, 0.6) is 0 Å². The maximum absolute atomic E-state index is 13.4. The second-order valence-electron chi connectivity index (χ2n) is 5.13. The zero-order valence-electron chi connectivity index (χ0n) is 12.5. The third-order valence-electron chi connectivity index (χ3n) is 3.28. The number of carbonyl (C=O) groups excluding carboxylic acids is 2. The van der Waals surface area contributed by atoms with Crippen molar-refractivity contribution in [3.63, 3.8) is 0 Å². The average Bonchev–Trinajstić information content (AvgIpc) is 2.81. The highest BCUT2D eigenvalue weighted by Gasteiger charge is 2.27. The Balaban J connectivity index is 1.83. The molecule has 0 radical (unpaired) electrons. The Morgan fingerprint density at radius 1 is 1.39 bits per heavy atom. The summed E-state index contributed by atoms with van der Waals surface area (Å²) >= 11 is 0. The Bertz CT molecular complexity index is 723. The summed E-state index contributed by atoms with van der Waals surface area (Å²) in [5, 5.41) is 4.43. The molecule has 2 N–H and O–H groups in total. The molecular weight excluding hydrogens is 327 g/mol. The molecule has 1 aliphatic rings. The highest BCUT2D eigenvalue weighted by molar-refractivity contribution is 7.89. The molecule has 0 bridgehead atoms. The van der Waals surface area contributed by atoms with Gasteiger partial charge in [-0.25, -0.2) is 17.7 Å². The van der Waals surface area contributed by atoms with Gasteiger partial charge >= 0.3 is 11.8 Å². The van der Waals surface area contributed by atoms with E-state index in [0.717, 1.165) is 0 Å². The Morgan fingerprint density at radius 3 is 2.78 bits per heavy atom. The van der Waals surface area contributed by atoms with E-state index >= 15 is 0 Å². The van der Waals surface area contributed by atoms with Gasteiger partial charge in [-0.3, -0.25) is 9.59 Å². The summed E-state index contributed by atoms with van der Waals surface area (Å²) in [6.07, 6.45) is 1.85. The normalized spacial score (nSPS) is 17.0. The van der Waals surface area contributed by atoms with Crippen LogP contribution in [0.25, 0.3) is 0 Å². The number of hydrogen-bond donors (Lipinski definition) is 2. The lowest BCUT2D eigenvalue weighted by Gasteiger charge is -2.14. The van der Waals surface area contributed by atoms with Crippen LogP contribution in [-0.4, -0.2) is 54.9 Å². The van der Waals surface area contributed by atoms with Crippen LogP contribution in [0.15, 0.2) is 12.3 Å². The van der Waals surface area contributed by atoms with E-state index in [9.17, 15) is 22.4 Å². The Morgan fingerprint density at radius 2 is 2.13 bits per heavy atom. The molecule has 10 heteroatoms. The van der Waals surface area contributed by atoms with E-state index in [2.05, 4.69) is 15.6 Å². The number of anilines is 1. The molecular formula is C13H17FN4O4S. The number of pyridine rings is 1. The minimum Gasteiger partial charge on any atom is -0.347 e. The van der Waals surface area contributed by atoms with Gasteiger partial charge in [0.2, 0.25) is 16.0 Å². The Kier molecular flexibility index (Phi) is 5.26. The van der Waals surface area contributed by atoms with Crippen molar-refractivity contribution in [1.82, 2.24) is 14.6 Å². The van der Waals surface area contributed by atoms with Crippen molar-refractivity contribution in [3.8, 4) is 0 Å². The fourth-order valence-electron chi connectivity index (χ4n) is 2.14. The predicted octanol–water partition coefficient (Wildman–Crippen LogP) is -0.381. The van der Waals surface area contributed by atoms with Crippen molar-refractivity contribution in [3.05, 3.63) is 23.8 Å². The van der Waals surface area contributed by atoms with Crippen LogP contribution in [0.4, 0.5) is 10.1 Å². The van der Waals surface area contributed by atoms with Crippen molar-refractivity contribution >= 4 is 27.5 Å². The second kappa shape index (κ2) is 7.01. The molecule has 0 saturated carbocycles. The van der Waals surface area contributed by atoms with Crippen LogP contribution in [0.3, 0.4) is 0 Å². The third-order valence-corrected chi connectivity index (χ3v) is 5.24. The number of aryl methyl sites for hydroxylation is 1. The zero-order chi connectivity index (χ0) is 17.0. The predicted molar refractivity (Wildman–Crippen MR) is 80.5 cm³/mol. The molecule has 23 heavy (non-hydrogen) atoms. The minimum atomic E-state index is -3.24. The molecule has 0 aromatic carbocycles. The van der Waals surface area contributed by atoms with E-state index in [1.165, 1.54) is 16.6 Å². The van der Waals surface area contributed by atoms with E-state index < -0.39 is 27.8 Å². The van der Waals surface area contributed by atoms with Gasteiger partial charge in [0, 0.05) is 25.8 Å². The number of carbonyl (C=O) groups is 2. The first-order chi connectivity index (χ1) is 10.8. The van der Waals surface area contributed by atoms with E-state index in [-0.39, 0.29) is 24.5 Å². The molecule has 1 saturated heterocycles. The minimum absolute atomic E-state index is 0.0000327. The molecule has 0 spiro atoms. The second-order valence-corrected chi connectivity index (χ2v) is 7.22. The summed E-state index contributed by atoms with van der Waals surface area (Å²) in [4.78, 5) is 26.8. The maximum Gasteiger partial charge on any atom is 0.313 e. The number of aromatic nitrogens is 1. The summed E-state index contributed by atoms with van der Waals surface area (Å²) in [6.45, 7) is 2.17. The lowest BCUT2D eigenvalue weighted by atomic mass is 10.3. The number of nitrogens with zero attached hydrogens (tertiary/aromatic N) is 2. The van der Waals surface area contributed by atoms with Crippen LogP contribution >= 0.6 is 0 Å². The van der Waals surface area contributed by atoms with Crippen molar-refractivity contribution < 1.29 is 22.4 Å². The summed E-state index contributed by atoms with van der Waals surface area (Å²) in [6, 6.07) is 1.35. The van der Waals surface area contributed by atoms with Crippen molar-refractivity contribution in [2.24, 2.45) is 0 Å². The van der Waals surface area contributed by atoms with Gasteiger partial charge in [-0.1, -0.05) is 0 Å². The van der Waals surface area contributed by atoms with Gasteiger partial charge < -0.3 is 10.6 Å². The first kappa shape index (κ1) is 17.3. The number of amides is 2. The molecule has 8 nitrogen and oxygen atoms in total. The van der Waals surface area contributed by atoms with Gasteiger partial charge in [0.15, 0.2) is 0 Å². The smallest absolute Gasteiger partial charge is 0.313 e. The highest BCUT2D eigenvalue weighted by Crippen LogP contribution is 2.13. The maximum atomic E-state index is 13.4. The fraction of sp³-hybridized carbons (Fsp3) is 0.462. The molecule has 2 heterocycles. The topological polar surface area (TPSA) is 108 Å². The van der Waals surface area contributed by atoms with Gasteiger partial charge in [-0.2, -0.15) is 4.39 Å². The fourth-order valence-corrected chi connectivity index (χ4v) is 3.66. The van der Waals surface area contributed by atoms with Crippen LogP contribution in [0.1, 0.15) is 12.0 Å². The first-order valence-electron chi connectivity index (χ1n) is 6.99. The van der Waals surface area contributed by atoms with Gasteiger partial charge in [0.05, 0.1) is 11.4 Å². The standard InChI is InChI=1S/C13H17FN4O4S/c1-9-7-10(11(14)16-8-9)17-13(20)12(19)15-3-5-18-4-2-6-23(18,21)22/h7-8H,2-6H2,1H3,(H,15,19)(H,17,20). The molecule has 0 unspecified atom stereocenters. The quantitative estimate of drug-likeness (QED) is 0.572. The van der Waals surface area contributed by atoms with E-state index in [4.69, 9.17) is 0 Å². The molecule has 2 rings (SSSR count). The van der Waals surface area contributed by atoms with E-state index in [1.54, 1.807) is 6.92 Å². The van der Waals surface area contributed by atoms with Gasteiger partial charge in [0.25, 0.3) is 0 Å². The monoisotopic (exact) mass is 344 g/mol. The summed E-state index contributed by atoms with van der Waals surface area (Å²) in [5.41, 5.74) is 0.439. The number of hydrogen-bond acceptors (Lipinski definition) is 5. The van der Waals surface area contributed by atoms with Crippen LogP contribution < -0.4 is 10.6 Å². The van der Waals surface area contributed by atoms with Gasteiger partial charge in [-0.15, -0.1) is 0 Å². The molecule has 0 aliphatic carbocycles.